The number of unbranched alkanes of at least 4 members (excludes halogenated alkanes) is 1. The lowest BCUT2D eigenvalue weighted by Crippen LogP contribution is -2.63. The van der Waals surface area contributed by atoms with Crippen LogP contribution >= 0.6 is 0 Å². The van der Waals surface area contributed by atoms with Crippen molar-refractivity contribution in [3.63, 3.8) is 0 Å². The molecule has 41 heavy (non-hydrogen) atoms. The predicted octanol–water partition coefficient (Wildman–Crippen LogP) is 2.65. The Morgan fingerprint density at radius 2 is 1.63 bits per heavy atom. The molecule has 2 aliphatic rings. The molecule has 10 heteroatoms. The van der Waals surface area contributed by atoms with Crippen LogP contribution in [0.4, 0.5) is 0 Å². The van der Waals surface area contributed by atoms with E-state index < -0.39 is 47.4 Å². The fourth-order valence-corrected chi connectivity index (χ4v) is 5.17. The summed E-state index contributed by atoms with van der Waals surface area (Å²) in [6.45, 7) is 3.93. The van der Waals surface area contributed by atoms with Gasteiger partial charge in [0.05, 0.1) is 12.2 Å². The quantitative estimate of drug-likeness (QED) is 0.335. The van der Waals surface area contributed by atoms with Crippen LogP contribution in [0.3, 0.4) is 0 Å². The summed E-state index contributed by atoms with van der Waals surface area (Å²) >= 11 is 0. The van der Waals surface area contributed by atoms with Gasteiger partial charge in [0.1, 0.15) is 23.7 Å². The Balaban J connectivity index is 1.49. The summed E-state index contributed by atoms with van der Waals surface area (Å²) in [5.41, 5.74) is -0.257. The van der Waals surface area contributed by atoms with Gasteiger partial charge in [-0.15, -0.1) is 0 Å². The Morgan fingerprint density at radius 3 is 2.32 bits per heavy atom. The first-order chi connectivity index (χ1) is 19.7. The average Bonchev–Trinajstić information content (AvgIpc) is 3.49. The van der Waals surface area contributed by atoms with Crippen molar-refractivity contribution in [2.45, 2.75) is 76.0 Å². The van der Waals surface area contributed by atoms with Gasteiger partial charge in [-0.25, -0.2) is 4.79 Å². The van der Waals surface area contributed by atoms with Crippen molar-refractivity contribution in [1.29, 1.82) is 0 Å². The number of esters is 1. The van der Waals surface area contributed by atoms with Gasteiger partial charge in [-0.2, -0.15) is 0 Å². The van der Waals surface area contributed by atoms with Crippen molar-refractivity contribution >= 4 is 29.6 Å². The molecule has 0 aliphatic carbocycles. The molecule has 4 rings (SSSR count). The van der Waals surface area contributed by atoms with Crippen molar-refractivity contribution in [3.8, 4) is 0 Å². The topological polar surface area (TPSA) is 134 Å². The van der Waals surface area contributed by atoms with Gasteiger partial charge >= 0.3 is 5.97 Å². The second-order valence-corrected chi connectivity index (χ2v) is 10.7. The van der Waals surface area contributed by atoms with Crippen molar-refractivity contribution in [2.75, 3.05) is 13.2 Å². The third-order valence-corrected chi connectivity index (χ3v) is 7.86. The minimum absolute atomic E-state index is 0.164. The Bertz CT molecular complexity index is 1250. The third-order valence-electron chi connectivity index (χ3n) is 7.86. The molecule has 0 spiro atoms. The second kappa shape index (κ2) is 13.4. The first kappa shape index (κ1) is 29.8. The fraction of sp³-hybridized carbons (Fsp3) is 0.452. The second-order valence-electron chi connectivity index (χ2n) is 10.7. The summed E-state index contributed by atoms with van der Waals surface area (Å²) in [7, 11) is 0. The van der Waals surface area contributed by atoms with Crippen LogP contribution in [0.25, 0.3) is 0 Å². The van der Waals surface area contributed by atoms with Crippen molar-refractivity contribution in [3.05, 3.63) is 71.8 Å². The maximum Gasteiger partial charge on any atom is 0.338 e. The molecule has 2 saturated heterocycles. The smallest absolute Gasteiger partial charge is 0.338 e. The SMILES string of the molecule is CC[C@]1(C)NC(=O)[C@H](CCCCOC(=O)c2ccccc2)NC(=O)[C@H]2CCCN2C(=O)[C@H](c2ccccc2)NC1=O. The Labute approximate surface area is 240 Å². The minimum atomic E-state index is -1.32. The van der Waals surface area contributed by atoms with E-state index in [1.165, 1.54) is 4.90 Å². The van der Waals surface area contributed by atoms with Gasteiger partial charge in [0, 0.05) is 6.54 Å². The molecule has 0 saturated carbocycles. The molecular weight excluding hydrogens is 524 g/mol. The number of hydrogen-bond donors (Lipinski definition) is 3. The monoisotopic (exact) mass is 562 g/mol. The molecule has 0 bridgehead atoms. The third kappa shape index (κ3) is 7.11. The molecule has 10 nitrogen and oxygen atoms in total. The van der Waals surface area contributed by atoms with E-state index in [9.17, 15) is 24.0 Å². The Hall–Kier alpha value is -4.21. The van der Waals surface area contributed by atoms with Crippen molar-refractivity contribution < 1.29 is 28.7 Å². The van der Waals surface area contributed by atoms with Gasteiger partial charge in [0.25, 0.3) is 0 Å². The van der Waals surface area contributed by atoms with Crippen LogP contribution in [0.1, 0.15) is 74.3 Å². The van der Waals surface area contributed by atoms with E-state index in [0.717, 1.165) is 0 Å². The first-order valence-corrected chi connectivity index (χ1v) is 14.2. The molecule has 0 radical (unpaired) electrons. The molecule has 4 atom stereocenters. The predicted molar refractivity (Wildman–Crippen MR) is 151 cm³/mol. The maximum absolute atomic E-state index is 13.8. The van der Waals surface area contributed by atoms with Gasteiger partial charge < -0.3 is 25.6 Å². The lowest BCUT2D eigenvalue weighted by atomic mass is 9.94. The van der Waals surface area contributed by atoms with Gasteiger partial charge in [0.15, 0.2) is 0 Å². The van der Waals surface area contributed by atoms with E-state index >= 15 is 0 Å². The Morgan fingerprint density at radius 1 is 0.951 bits per heavy atom. The molecular formula is C31H38N4O6. The molecule has 4 amide bonds. The molecule has 2 heterocycles. The summed E-state index contributed by atoms with van der Waals surface area (Å²) in [6, 6.07) is 14.9. The van der Waals surface area contributed by atoms with Gasteiger partial charge in [0.2, 0.25) is 23.6 Å². The average molecular weight is 563 g/mol. The lowest BCUT2D eigenvalue weighted by Gasteiger charge is -2.36. The van der Waals surface area contributed by atoms with Gasteiger partial charge in [-0.05, 0) is 63.1 Å². The highest BCUT2D eigenvalue weighted by atomic mass is 16.5. The number of carbonyl (C=O) groups is 5. The van der Waals surface area contributed by atoms with E-state index in [-0.39, 0.29) is 25.4 Å². The molecule has 2 fully saturated rings. The van der Waals surface area contributed by atoms with Crippen LogP contribution in [0, 0.1) is 0 Å². The number of amides is 4. The number of nitrogens with one attached hydrogen (secondary N) is 3. The normalized spacial score (nSPS) is 25.2. The first-order valence-electron chi connectivity index (χ1n) is 14.2. The number of rotatable bonds is 8. The largest absolute Gasteiger partial charge is 0.462 e. The summed E-state index contributed by atoms with van der Waals surface area (Å²) in [6.07, 6.45) is 2.60. The molecule has 2 aromatic rings. The number of nitrogens with zero attached hydrogens (tertiary/aromatic N) is 1. The van der Waals surface area contributed by atoms with Crippen molar-refractivity contribution in [2.24, 2.45) is 0 Å². The van der Waals surface area contributed by atoms with Gasteiger partial charge in [-0.1, -0.05) is 55.5 Å². The van der Waals surface area contributed by atoms with E-state index in [0.29, 0.717) is 43.4 Å². The van der Waals surface area contributed by atoms with Crippen LogP contribution in [0.15, 0.2) is 60.7 Å². The molecule has 218 valence electrons. The molecule has 2 aromatic carbocycles. The highest BCUT2D eigenvalue weighted by Gasteiger charge is 2.43. The number of benzene rings is 2. The van der Waals surface area contributed by atoms with E-state index in [4.69, 9.17) is 4.74 Å². The fourth-order valence-electron chi connectivity index (χ4n) is 5.17. The van der Waals surface area contributed by atoms with Gasteiger partial charge in [-0.3, -0.25) is 19.2 Å². The van der Waals surface area contributed by atoms with Crippen LogP contribution in [-0.2, 0) is 23.9 Å². The molecule has 2 aliphatic heterocycles. The lowest BCUT2D eigenvalue weighted by molar-refractivity contribution is -0.145. The van der Waals surface area contributed by atoms with Crippen LogP contribution in [-0.4, -0.2) is 65.3 Å². The molecule has 0 aromatic heterocycles. The molecule has 3 N–H and O–H groups in total. The maximum atomic E-state index is 13.8. The summed E-state index contributed by atoms with van der Waals surface area (Å²) in [4.78, 5) is 68.0. The number of fused-ring (bicyclic) bond motifs is 1. The van der Waals surface area contributed by atoms with E-state index in [1.807, 2.05) is 12.1 Å². The standard InChI is InChI=1S/C31H38N4O6/c1-3-31(2)30(40)33-25(21-13-6-4-7-14-21)28(38)35-19-12-18-24(35)27(37)32-23(26(36)34-31)17-10-11-20-41-29(39)22-15-8-5-9-16-22/h4-9,13-16,23-25H,3,10-12,17-20H2,1-2H3,(H,32,37)(H,33,40)(H,34,36)/t23-,24+,25-,31-/m0/s1. The summed E-state index contributed by atoms with van der Waals surface area (Å²) < 4.78 is 5.33. The Kier molecular flexibility index (Phi) is 9.75. The zero-order chi connectivity index (χ0) is 29.4. The number of carbonyl (C=O) groups excluding carboxylic acids is 5. The zero-order valence-corrected chi connectivity index (χ0v) is 23.6. The van der Waals surface area contributed by atoms with Crippen LogP contribution < -0.4 is 16.0 Å². The molecule has 0 unspecified atom stereocenters. The number of hydrogen-bond acceptors (Lipinski definition) is 6. The number of ether oxygens (including phenoxy) is 1. The van der Waals surface area contributed by atoms with Crippen LogP contribution in [0.2, 0.25) is 0 Å². The summed E-state index contributed by atoms with van der Waals surface area (Å²) in [5, 5.41) is 8.55. The summed E-state index contributed by atoms with van der Waals surface area (Å²) in [5.74, 6) is -2.14. The highest BCUT2D eigenvalue weighted by molar-refractivity contribution is 5.99. The van der Waals surface area contributed by atoms with E-state index in [1.54, 1.807) is 62.4 Å². The zero-order valence-electron chi connectivity index (χ0n) is 23.6. The van der Waals surface area contributed by atoms with E-state index in [2.05, 4.69) is 16.0 Å². The van der Waals surface area contributed by atoms with Crippen molar-refractivity contribution in [1.82, 2.24) is 20.9 Å². The van der Waals surface area contributed by atoms with Crippen LogP contribution in [0.5, 0.6) is 0 Å². The highest BCUT2D eigenvalue weighted by Crippen LogP contribution is 2.26. The minimum Gasteiger partial charge on any atom is -0.462 e.